The fourth-order valence-electron chi connectivity index (χ4n) is 2.03. The Kier molecular flexibility index (Phi) is 4.78. The molecule has 0 atom stereocenters. The van der Waals surface area contributed by atoms with Crippen LogP contribution in [0.1, 0.15) is 25.3 Å². The minimum Gasteiger partial charge on any atom is -0.390 e. The van der Waals surface area contributed by atoms with Crippen molar-refractivity contribution >= 4 is 12.4 Å². The molecule has 0 saturated carbocycles. The Hall–Kier alpha value is -0.570. The van der Waals surface area contributed by atoms with Gasteiger partial charge in [-0.15, -0.1) is 12.4 Å². The molecule has 1 aliphatic heterocycles. The van der Waals surface area contributed by atoms with Crippen LogP contribution in [-0.4, -0.2) is 28.7 Å². The molecule has 2 rings (SSSR count). The fraction of sp³-hybridized carbons (Fsp3) is 0.538. The average molecular weight is 242 g/mol. The molecule has 3 heteroatoms. The topological polar surface area (TPSA) is 23.5 Å². The van der Waals surface area contributed by atoms with E-state index in [1.165, 1.54) is 5.56 Å². The van der Waals surface area contributed by atoms with Crippen LogP contribution in [0.15, 0.2) is 30.3 Å². The van der Waals surface area contributed by atoms with Crippen molar-refractivity contribution in [1.82, 2.24) is 4.90 Å². The van der Waals surface area contributed by atoms with E-state index in [-0.39, 0.29) is 12.4 Å². The van der Waals surface area contributed by atoms with E-state index in [2.05, 4.69) is 29.2 Å². The lowest BCUT2D eigenvalue weighted by Gasteiger charge is -2.35. The number of aliphatic hydroxyl groups is 1. The largest absolute Gasteiger partial charge is 0.390 e. The van der Waals surface area contributed by atoms with Gasteiger partial charge < -0.3 is 5.11 Å². The number of hydrogen-bond donors (Lipinski definition) is 1. The van der Waals surface area contributed by atoms with E-state index in [1.807, 2.05) is 13.0 Å². The number of rotatable bonds is 2. The second-order valence-electron chi connectivity index (χ2n) is 4.76. The SMILES string of the molecule is CC1(O)CCN(Cc2ccccc2)CC1.Cl. The molecule has 1 N–H and O–H groups in total. The Morgan fingerprint density at radius 3 is 2.31 bits per heavy atom. The van der Waals surface area contributed by atoms with E-state index in [9.17, 15) is 5.11 Å². The van der Waals surface area contributed by atoms with Crippen LogP contribution in [-0.2, 0) is 6.54 Å². The molecule has 1 aromatic rings. The highest BCUT2D eigenvalue weighted by molar-refractivity contribution is 5.85. The third-order valence-electron chi connectivity index (χ3n) is 3.18. The summed E-state index contributed by atoms with van der Waals surface area (Å²) >= 11 is 0. The summed E-state index contributed by atoms with van der Waals surface area (Å²) in [6.07, 6.45) is 1.78. The van der Waals surface area contributed by atoms with E-state index in [4.69, 9.17) is 0 Å². The average Bonchev–Trinajstić information content (AvgIpc) is 2.23. The van der Waals surface area contributed by atoms with Crippen molar-refractivity contribution in [3.8, 4) is 0 Å². The zero-order valence-corrected chi connectivity index (χ0v) is 10.5. The first-order valence-corrected chi connectivity index (χ1v) is 5.64. The van der Waals surface area contributed by atoms with Crippen LogP contribution in [0.3, 0.4) is 0 Å². The Morgan fingerprint density at radius 2 is 1.75 bits per heavy atom. The van der Waals surface area contributed by atoms with Crippen LogP contribution in [0.4, 0.5) is 0 Å². The number of nitrogens with zero attached hydrogens (tertiary/aromatic N) is 1. The normalized spacial score (nSPS) is 20.1. The fourth-order valence-corrected chi connectivity index (χ4v) is 2.03. The zero-order chi connectivity index (χ0) is 10.7. The summed E-state index contributed by atoms with van der Waals surface area (Å²) in [6.45, 7) is 4.95. The number of halogens is 1. The van der Waals surface area contributed by atoms with Crippen LogP contribution < -0.4 is 0 Å². The predicted molar refractivity (Wildman–Crippen MR) is 68.8 cm³/mol. The van der Waals surface area contributed by atoms with Crippen molar-refractivity contribution in [2.45, 2.75) is 31.9 Å². The lowest BCUT2D eigenvalue weighted by molar-refractivity contribution is -0.00729. The molecule has 90 valence electrons. The molecule has 16 heavy (non-hydrogen) atoms. The van der Waals surface area contributed by atoms with Gasteiger partial charge in [-0.1, -0.05) is 30.3 Å². The van der Waals surface area contributed by atoms with Gasteiger partial charge in [0.25, 0.3) is 0 Å². The minimum absolute atomic E-state index is 0. The van der Waals surface area contributed by atoms with Crippen molar-refractivity contribution in [2.75, 3.05) is 13.1 Å². The second-order valence-corrected chi connectivity index (χ2v) is 4.76. The van der Waals surface area contributed by atoms with Crippen molar-refractivity contribution in [1.29, 1.82) is 0 Å². The third kappa shape index (κ3) is 3.78. The monoisotopic (exact) mass is 241 g/mol. The smallest absolute Gasteiger partial charge is 0.0644 e. The number of benzene rings is 1. The second kappa shape index (κ2) is 5.67. The predicted octanol–water partition coefficient (Wildman–Crippen LogP) is 2.46. The minimum atomic E-state index is -0.437. The molecule has 0 aromatic heterocycles. The van der Waals surface area contributed by atoms with Crippen molar-refractivity contribution in [3.05, 3.63) is 35.9 Å². The molecule has 0 unspecified atom stereocenters. The maximum Gasteiger partial charge on any atom is 0.0644 e. The van der Waals surface area contributed by atoms with Gasteiger partial charge in [-0.05, 0) is 25.3 Å². The van der Waals surface area contributed by atoms with Gasteiger partial charge in [-0.3, -0.25) is 4.90 Å². The van der Waals surface area contributed by atoms with E-state index in [0.29, 0.717) is 0 Å². The summed E-state index contributed by atoms with van der Waals surface area (Å²) in [6, 6.07) is 10.5. The van der Waals surface area contributed by atoms with E-state index >= 15 is 0 Å². The van der Waals surface area contributed by atoms with Gasteiger partial charge in [0.15, 0.2) is 0 Å². The number of hydrogen-bond acceptors (Lipinski definition) is 2. The Morgan fingerprint density at radius 1 is 1.19 bits per heavy atom. The summed E-state index contributed by atoms with van der Waals surface area (Å²) in [5.74, 6) is 0. The molecule has 0 amide bonds. The quantitative estimate of drug-likeness (QED) is 0.860. The highest BCUT2D eigenvalue weighted by Gasteiger charge is 2.26. The van der Waals surface area contributed by atoms with Crippen LogP contribution in [0.2, 0.25) is 0 Å². The molecular weight excluding hydrogens is 222 g/mol. The summed E-state index contributed by atoms with van der Waals surface area (Å²) in [5.41, 5.74) is 0.923. The Bertz CT molecular complexity index is 303. The first-order valence-electron chi connectivity index (χ1n) is 5.64. The van der Waals surface area contributed by atoms with E-state index in [1.54, 1.807) is 0 Å². The summed E-state index contributed by atoms with van der Waals surface area (Å²) in [4.78, 5) is 2.41. The maximum atomic E-state index is 9.83. The van der Waals surface area contributed by atoms with Crippen molar-refractivity contribution in [3.63, 3.8) is 0 Å². The molecule has 0 spiro atoms. The molecule has 0 bridgehead atoms. The van der Waals surface area contributed by atoms with Gasteiger partial charge in [0.2, 0.25) is 0 Å². The van der Waals surface area contributed by atoms with Crippen molar-refractivity contribution in [2.24, 2.45) is 0 Å². The Labute approximate surface area is 104 Å². The zero-order valence-electron chi connectivity index (χ0n) is 9.72. The summed E-state index contributed by atoms with van der Waals surface area (Å²) < 4.78 is 0. The molecule has 1 fully saturated rings. The van der Waals surface area contributed by atoms with Crippen LogP contribution in [0, 0.1) is 0 Å². The van der Waals surface area contributed by atoms with Gasteiger partial charge in [0.05, 0.1) is 5.60 Å². The maximum absolute atomic E-state index is 9.83. The van der Waals surface area contributed by atoms with Gasteiger partial charge >= 0.3 is 0 Å². The van der Waals surface area contributed by atoms with Crippen LogP contribution in [0.5, 0.6) is 0 Å². The summed E-state index contributed by atoms with van der Waals surface area (Å²) in [7, 11) is 0. The van der Waals surface area contributed by atoms with Crippen LogP contribution >= 0.6 is 12.4 Å². The standard InChI is InChI=1S/C13H19NO.ClH/c1-13(15)7-9-14(10-8-13)11-12-5-3-2-4-6-12;/h2-6,15H,7-11H2,1H3;1H. The molecule has 1 saturated heterocycles. The van der Waals surface area contributed by atoms with E-state index < -0.39 is 5.60 Å². The van der Waals surface area contributed by atoms with Crippen LogP contribution in [0.25, 0.3) is 0 Å². The highest BCUT2D eigenvalue weighted by atomic mass is 35.5. The molecular formula is C13H20ClNO. The van der Waals surface area contributed by atoms with E-state index in [0.717, 1.165) is 32.5 Å². The summed E-state index contributed by atoms with van der Waals surface area (Å²) in [5, 5.41) is 9.83. The molecule has 1 heterocycles. The van der Waals surface area contributed by atoms with Crippen molar-refractivity contribution < 1.29 is 5.11 Å². The lowest BCUT2D eigenvalue weighted by Crippen LogP contribution is -2.41. The molecule has 2 nitrogen and oxygen atoms in total. The Balaban J connectivity index is 0.00000128. The van der Waals surface area contributed by atoms with Gasteiger partial charge in [0.1, 0.15) is 0 Å². The number of piperidine rings is 1. The van der Waals surface area contributed by atoms with Gasteiger partial charge in [-0.25, -0.2) is 0 Å². The third-order valence-corrected chi connectivity index (χ3v) is 3.18. The lowest BCUT2D eigenvalue weighted by atomic mass is 9.93. The molecule has 1 aromatic carbocycles. The van der Waals surface area contributed by atoms with Gasteiger partial charge in [-0.2, -0.15) is 0 Å². The first-order chi connectivity index (χ1) is 7.16. The molecule has 0 aliphatic carbocycles. The van der Waals surface area contributed by atoms with Gasteiger partial charge in [0, 0.05) is 19.6 Å². The first kappa shape index (κ1) is 13.5. The molecule has 1 aliphatic rings. The highest BCUT2D eigenvalue weighted by Crippen LogP contribution is 2.22. The molecule has 0 radical (unpaired) electrons. The number of likely N-dealkylation sites (tertiary alicyclic amines) is 1.